The smallest absolute Gasteiger partial charge is 0.428 e. The number of halogens is 9. The van der Waals surface area contributed by atoms with E-state index < -0.39 is 29.9 Å². The first-order valence-corrected chi connectivity index (χ1v) is 4.68. The van der Waals surface area contributed by atoms with Crippen molar-refractivity contribution in [3.05, 3.63) is 30.3 Å². The number of ether oxygens (including phenoxy) is 1. The molecule has 0 aromatic heterocycles. The van der Waals surface area contributed by atoms with E-state index in [0.29, 0.717) is 12.1 Å². The molecule has 0 aliphatic rings. The molecule has 0 fully saturated rings. The third kappa shape index (κ3) is 2.63. The van der Waals surface area contributed by atoms with Gasteiger partial charge in [0.25, 0.3) is 0 Å². The van der Waals surface area contributed by atoms with E-state index >= 15 is 0 Å². The molecule has 1 nitrogen and oxygen atoms in total. The lowest BCUT2D eigenvalue weighted by Crippen LogP contribution is -2.62. The van der Waals surface area contributed by atoms with Gasteiger partial charge in [-0.3, -0.25) is 0 Å². The van der Waals surface area contributed by atoms with Gasteiger partial charge in [0.1, 0.15) is 5.75 Å². The van der Waals surface area contributed by atoms with Crippen LogP contribution in [0.4, 0.5) is 39.5 Å². The normalized spacial score (nSPS) is 14.2. The van der Waals surface area contributed by atoms with Crippen molar-refractivity contribution in [1.29, 1.82) is 0 Å². The number of hydrogen-bond acceptors (Lipinski definition) is 1. The van der Waals surface area contributed by atoms with Gasteiger partial charge in [0.2, 0.25) is 0 Å². The van der Waals surface area contributed by atoms with Gasteiger partial charge in [-0.05, 0) is 18.2 Å². The van der Waals surface area contributed by atoms with Gasteiger partial charge < -0.3 is 4.74 Å². The summed E-state index contributed by atoms with van der Waals surface area (Å²) >= 11 is 0. The maximum atomic E-state index is 12.9. The van der Waals surface area contributed by atoms with E-state index in [9.17, 15) is 39.5 Å². The first-order valence-electron chi connectivity index (χ1n) is 4.68. The maximum Gasteiger partial charge on any atom is 0.471 e. The first-order chi connectivity index (χ1) is 8.83. The molecule has 1 radical (unpaired) electrons. The molecule has 10 heteroatoms. The molecule has 113 valence electrons. The molecule has 0 heterocycles. The fourth-order valence-corrected chi connectivity index (χ4v) is 1.01. The quantitative estimate of drug-likeness (QED) is 0.754. The molecule has 0 spiro atoms. The van der Waals surface area contributed by atoms with Gasteiger partial charge in [-0.25, -0.2) is 0 Å². The lowest BCUT2D eigenvalue weighted by atomic mass is 10.1. The molecule has 0 aliphatic heterocycles. The average molecular weight is 311 g/mol. The SMILES string of the molecule is FC(F)(F)C(F)(F)C(F)(F)C(F)(F)Oc1c[c]ccc1. The van der Waals surface area contributed by atoms with Gasteiger partial charge in [0, 0.05) is 0 Å². The third-order valence-electron chi connectivity index (χ3n) is 2.04. The molecule has 0 N–H and O–H groups in total. The summed E-state index contributed by atoms with van der Waals surface area (Å²) in [5, 5.41) is 0. The van der Waals surface area contributed by atoms with Gasteiger partial charge in [-0.1, -0.05) is 12.1 Å². The summed E-state index contributed by atoms with van der Waals surface area (Å²) in [5.74, 6) is -14.8. The summed E-state index contributed by atoms with van der Waals surface area (Å²) in [6.45, 7) is 0. The standard InChI is InChI=1S/C10H4F9O/c11-7(12,9(15,16)17)8(13,14)10(18,19)20-6-4-2-1-3-5-6/h1-2,4-5H. The van der Waals surface area contributed by atoms with Crippen LogP contribution >= 0.6 is 0 Å². The Bertz CT molecular complexity index is 452. The van der Waals surface area contributed by atoms with Crippen LogP contribution in [0.25, 0.3) is 0 Å². The lowest BCUT2D eigenvalue weighted by Gasteiger charge is -2.32. The Morgan fingerprint density at radius 3 is 1.80 bits per heavy atom. The Balaban J connectivity index is 3.12. The molecule has 1 aromatic rings. The largest absolute Gasteiger partial charge is 0.471 e. The van der Waals surface area contributed by atoms with E-state index in [1.54, 1.807) is 0 Å². The molecule has 0 saturated carbocycles. The lowest BCUT2D eigenvalue weighted by molar-refractivity contribution is -0.428. The van der Waals surface area contributed by atoms with Gasteiger partial charge in [0.05, 0.1) is 0 Å². The Morgan fingerprint density at radius 1 is 0.850 bits per heavy atom. The van der Waals surface area contributed by atoms with E-state index in [1.165, 1.54) is 0 Å². The highest BCUT2D eigenvalue weighted by Gasteiger charge is 2.83. The highest BCUT2D eigenvalue weighted by atomic mass is 19.4. The van der Waals surface area contributed by atoms with E-state index in [1.807, 2.05) is 0 Å². The van der Waals surface area contributed by atoms with Crippen LogP contribution in [0.15, 0.2) is 24.3 Å². The second-order valence-electron chi connectivity index (χ2n) is 3.50. The molecule has 20 heavy (non-hydrogen) atoms. The maximum absolute atomic E-state index is 12.9. The summed E-state index contributed by atoms with van der Waals surface area (Å²) in [4.78, 5) is 0. The minimum Gasteiger partial charge on any atom is -0.428 e. The van der Waals surface area contributed by atoms with Crippen molar-refractivity contribution in [1.82, 2.24) is 0 Å². The zero-order valence-electron chi connectivity index (χ0n) is 9.12. The van der Waals surface area contributed by atoms with Crippen molar-refractivity contribution in [2.75, 3.05) is 0 Å². The second kappa shape index (κ2) is 4.74. The predicted molar refractivity (Wildman–Crippen MR) is 46.8 cm³/mol. The molecule has 0 unspecified atom stereocenters. The van der Waals surface area contributed by atoms with Gasteiger partial charge in [-0.15, -0.1) is 0 Å². The van der Waals surface area contributed by atoms with Crippen LogP contribution in [0.5, 0.6) is 5.75 Å². The van der Waals surface area contributed by atoms with Crippen molar-refractivity contribution < 1.29 is 44.3 Å². The summed E-state index contributed by atoms with van der Waals surface area (Å²) < 4.78 is 115. The summed E-state index contributed by atoms with van der Waals surface area (Å²) in [6.07, 6.45) is -13.0. The van der Waals surface area contributed by atoms with Crippen LogP contribution in [0.1, 0.15) is 0 Å². The zero-order chi connectivity index (χ0) is 15.8. The number of benzene rings is 1. The average Bonchev–Trinajstić information content (AvgIpc) is 2.27. The Morgan fingerprint density at radius 2 is 1.40 bits per heavy atom. The van der Waals surface area contributed by atoms with Crippen LogP contribution in [-0.4, -0.2) is 24.1 Å². The highest BCUT2D eigenvalue weighted by molar-refractivity contribution is 5.21. The minimum atomic E-state index is -6.97. The van der Waals surface area contributed by atoms with E-state index in [2.05, 4.69) is 10.8 Å². The van der Waals surface area contributed by atoms with Crippen LogP contribution in [0.3, 0.4) is 0 Å². The molecule has 1 rings (SSSR count). The molecule has 0 saturated heterocycles. The Labute approximate surface area is 105 Å². The van der Waals surface area contributed by atoms with Crippen molar-refractivity contribution in [3.63, 3.8) is 0 Å². The molecule has 0 bridgehead atoms. The Hall–Kier alpha value is -1.61. The van der Waals surface area contributed by atoms with E-state index in [0.717, 1.165) is 12.1 Å². The van der Waals surface area contributed by atoms with Gasteiger partial charge in [0.15, 0.2) is 0 Å². The van der Waals surface area contributed by atoms with Crippen LogP contribution in [0.2, 0.25) is 0 Å². The fraction of sp³-hybridized carbons (Fsp3) is 0.400. The number of alkyl halides is 9. The second-order valence-corrected chi connectivity index (χ2v) is 3.50. The highest BCUT2D eigenvalue weighted by Crippen LogP contribution is 2.53. The molecule has 0 amide bonds. The van der Waals surface area contributed by atoms with Crippen molar-refractivity contribution in [3.8, 4) is 5.75 Å². The number of rotatable bonds is 4. The molecule has 0 aliphatic carbocycles. The van der Waals surface area contributed by atoms with Crippen molar-refractivity contribution in [2.45, 2.75) is 24.1 Å². The van der Waals surface area contributed by atoms with E-state index in [4.69, 9.17) is 0 Å². The third-order valence-corrected chi connectivity index (χ3v) is 2.04. The minimum absolute atomic E-state index is 0.565. The predicted octanol–water partition coefficient (Wildman–Crippen LogP) is 4.29. The topological polar surface area (TPSA) is 9.23 Å². The molecular formula is C10H4F9O. The van der Waals surface area contributed by atoms with Gasteiger partial charge in [-0.2, -0.15) is 39.5 Å². The summed E-state index contributed by atoms with van der Waals surface area (Å²) in [6, 6.07) is 5.43. The summed E-state index contributed by atoms with van der Waals surface area (Å²) in [5.41, 5.74) is 0. The molecule has 1 aromatic carbocycles. The van der Waals surface area contributed by atoms with Crippen LogP contribution in [-0.2, 0) is 0 Å². The van der Waals surface area contributed by atoms with Crippen molar-refractivity contribution in [2.24, 2.45) is 0 Å². The molecular weight excluding hydrogens is 307 g/mol. The fourth-order valence-electron chi connectivity index (χ4n) is 1.01. The van der Waals surface area contributed by atoms with Crippen LogP contribution < -0.4 is 4.74 Å². The monoisotopic (exact) mass is 311 g/mol. The van der Waals surface area contributed by atoms with Gasteiger partial charge >= 0.3 is 24.1 Å². The Kier molecular flexibility index (Phi) is 3.90. The zero-order valence-corrected chi connectivity index (χ0v) is 9.12. The first kappa shape index (κ1) is 16.4. The van der Waals surface area contributed by atoms with E-state index in [-0.39, 0.29) is 0 Å². The van der Waals surface area contributed by atoms with Crippen LogP contribution in [0, 0.1) is 6.07 Å². The number of hydrogen-bond donors (Lipinski definition) is 0. The summed E-state index contributed by atoms with van der Waals surface area (Å²) in [7, 11) is 0. The molecule has 0 atom stereocenters. The van der Waals surface area contributed by atoms with Crippen molar-refractivity contribution >= 4 is 0 Å².